The number of carbonyl (C=O) groups excluding carboxylic acids is 1. The molecule has 12 nitrogen and oxygen atoms in total. The Morgan fingerprint density at radius 3 is 2.47 bits per heavy atom. The van der Waals surface area contributed by atoms with Gasteiger partial charge in [0.1, 0.15) is 17.0 Å². The van der Waals surface area contributed by atoms with E-state index < -0.39 is 40.1 Å². The third-order valence-electron chi connectivity index (χ3n) is 15.1. The monoisotopic (exact) mass is 729 g/mol. The third kappa shape index (κ3) is 4.18. The van der Waals surface area contributed by atoms with Crippen LogP contribution in [0.2, 0.25) is 0 Å². The highest BCUT2D eigenvalue weighted by atomic mass is 16.5. The van der Waals surface area contributed by atoms with Crippen molar-refractivity contribution in [2.24, 2.45) is 34.5 Å². The zero-order valence-corrected chi connectivity index (χ0v) is 31.4. The van der Waals surface area contributed by atoms with Crippen LogP contribution >= 0.6 is 0 Å². The fourth-order valence-electron chi connectivity index (χ4n) is 13.6. The van der Waals surface area contributed by atoms with Crippen molar-refractivity contribution in [2.75, 3.05) is 48.1 Å². The van der Waals surface area contributed by atoms with Crippen LogP contribution in [0.3, 0.4) is 0 Å². The quantitative estimate of drug-likeness (QED) is 0.314. The predicted molar refractivity (Wildman–Crippen MR) is 194 cm³/mol. The van der Waals surface area contributed by atoms with Crippen molar-refractivity contribution in [2.45, 2.75) is 81.2 Å². The Labute approximate surface area is 309 Å². The van der Waals surface area contributed by atoms with Crippen molar-refractivity contribution in [3.8, 4) is 5.69 Å². The van der Waals surface area contributed by atoms with Gasteiger partial charge in [0, 0.05) is 70.0 Å². The van der Waals surface area contributed by atoms with E-state index in [0.29, 0.717) is 48.3 Å². The molecule has 3 aromatic rings. The second-order valence-electron chi connectivity index (χ2n) is 16.6. The molecular weight excluding hydrogens is 678 g/mol. The Morgan fingerprint density at radius 2 is 1.75 bits per heavy atom. The number of piperidine rings is 1. The van der Waals surface area contributed by atoms with Gasteiger partial charge >= 0.3 is 5.97 Å². The number of carbonyl (C=O) groups is 1. The Kier molecular flexibility index (Phi) is 8.12. The zero-order chi connectivity index (χ0) is 37.2. The first-order valence-electron chi connectivity index (χ1n) is 19.1. The number of rotatable bonds is 9. The summed E-state index contributed by atoms with van der Waals surface area (Å²) in [7, 11) is 6.76. The first kappa shape index (κ1) is 35.5. The summed E-state index contributed by atoms with van der Waals surface area (Å²) in [5.41, 5.74) is -3.52. The van der Waals surface area contributed by atoms with E-state index in [4.69, 9.17) is 23.7 Å². The lowest BCUT2D eigenvalue weighted by Gasteiger charge is -2.70. The maximum absolute atomic E-state index is 14.4. The number of hydrogen-bond donors (Lipinski definition) is 2. The topological polar surface area (TPSA) is 142 Å². The zero-order valence-electron chi connectivity index (χ0n) is 31.4. The number of esters is 1. The number of nitrogens with zero attached hydrogens (tertiary/aromatic N) is 3. The van der Waals surface area contributed by atoms with Crippen molar-refractivity contribution in [1.82, 2.24) is 14.5 Å². The van der Waals surface area contributed by atoms with Crippen LogP contribution in [0, 0.1) is 41.4 Å². The average molecular weight is 730 g/mol. The molecule has 2 N–H and O–H groups in total. The lowest BCUT2D eigenvalue weighted by molar-refractivity contribution is -0.320. The first-order valence-corrected chi connectivity index (χ1v) is 19.1. The molecule has 13 atom stereocenters. The summed E-state index contributed by atoms with van der Waals surface area (Å²) >= 11 is 0. The van der Waals surface area contributed by atoms with E-state index in [9.17, 15) is 19.8 Å². The molecule has 5 saturated carbocycles. The summed E-state index contributed by atoms with van der Waals surface area (Å²) in [6, 6.07) is 13.7. The lowest BCUT2D eigenvalue weighted by atomic mass is 9.42. The summed E-state index contributed by atoms with van der Waals surface area (Å²) < 4.78 is 33.2. The van der Waals surface area contributed by atoms with E-state index in [-0.39, 0.29) is 66.1 Å². The number of benzene rings is 2. The summed E-state index contributed by atoms with van der Waals surface area (Å²) in [5, 5.41) is 27.2. The van der Waals surface area contributed by atoms with Gasteiger partial charge in [-0.1, -0.05) is 31.2 Å². The van der Waals surface area contributed by atoms with Crippen LogP contribution in [-0.4, -0.2) is 120 Å². The molecule has 284 valence electrons. The van der Waals surface area contributed by atoms with Gasteiger partial charge < -0.3 is 33.9 Å². The van der Waals surface area contributed by atoms with Crippen molar-refractivity contribution >= 4 is 16.9 Å². The van der Waals surface area contributed by atoms with Gasteiger partial charge in [-0.05, 0) is 62.9 Å². The van der Waals surface area contributed by atoms with Gasteiger partial charge in [0.2, 0.25) is 0 Å². The van der Waals surface area contributed by atoms with E-state index in [1.807, 2.05) is 6.07 Å². The Balaban J connectivity index is 1.15. The number of hydrogen-bond acceptors (Lipinski definition) is 11. The van der Waals surface area contributed by atoms with Crippen molar-refractivity contribution in [3.05, 3.63) is 70.3 Å². The molecule has 7 bridgehead atoms. The third-order valence-corrected chi connectivity index (χ3v) is 15.1. The van der Waals surface area contributed by atoms with Crippen LogP contribution in [0.4, 0.5) is 0 Å². The molecule has 53 heavy (non-hydrogen) atoms. The molecular formula is C41H51N3O9. The summed E-state index contributed by atoms with van der Waals surface area (Å²) in [4.78, 5) is 35.2. The fourth-order valence-corrected chi connectivity index (χ4v) is 13.6. The highest BCUT2D eigenvalue weighted by Gasteiger charge is 2.91. The van der Waals surface area contributed by atoms with Gasteiger partial charge in [-0.3, -0.25) is 14.3 Å². The lowest BCUT2D eigenvalue weighted by Crippen LogP contribution is -2.82. The summed E-state index contributed by atoms with van der Waals surface area (Å²) in [5.74, 6) is -0.759. The van der Waals surface area contributed by atoms with Crippen LogP contribution in [0.5, 0.6) is 0 Å². The fraction of sp³-hybridized carbons (Fsp3) is 0.634. The predicted octanol–water partition coefficient (Wildman–Crippen LogP) is 3.14. The molecule has 2 aromatic carbocycles. The van der Waals surface area contributed by atoms with Crippen LogP contribution in [0.1, 0.15) is 48.8 Å². The normalized spacial score (nSPS) is 42.2. The highest BCUT2D eigenvalue weighted by Crippen LogP contribution is 2.80. The maximum Gasteiger partial charge on any atom is 0.340 e. The van der Waals surface area contributed by atoms with Crippen LogP contribution in [0.25, 0.3) is 16.6 Å². The van der Waals surface area contributed by atoms with E-state index >= 15 is 0 Å². The largest absolute Gasteiger partial charge is 0.461 e. The minimum Gasteiger partial charge on any atom is -0.461 e. The number of aromatic nitrogens is 2. The van der Waals surface area contributed by atoms with Gasteiger partial charge in [-0.25, -0.2) is 9.78 Å². The number of likely N-dealkylation sites (tertiary alicyclic amines) is 1. The number of ether oxygens (including phenoxy) is 5. The molecule has 1 aliphatic heterocycles. The van der Waals surface area contributed by atoms with Crippen LogP contribution in [-0.2, 0) is 23.7 Å². The molecule has 9 rings (SSSR count). The van der Waals surface area contributed by atoms with Gasteiger partial charge in [0.05, 0.1) is 59.2 Å². The van der Waals surface area contributed by atoms with Gasteiger partial charge in [-0.2, -0.15) is 0 Å². The number of fused-ring (bicyclic) bond motifs is 3. The molecule has 0 amide bonds. The smallest absolute Gasteiger partial charge is 0.340 e. The molecule has 6 fully saturated rings. The van der Waals surface area contributed by atoms with E-state index in [0.717, 1.165) is 6.42 Å². The molecule has 1 aromatic heterocycles. The van der Waals surface area contributed by atoms with Crippen LogP contribution < -0.4 is 5.56 Å². The number of para-hydroxylation sites is 2. The van der Waals surface area contributed by atoms with Crippen LogP contribution in [0.15, 0.2) is 53.3 Å². The highest BCUT2D eigenvalue weighted by molar-refractivity contribution is 5.93. The number of aliphatic hydroxyl groups is 2. The molecule has 0 radical (unpaired) electrons. The standard InChI is InChI=1S/C41H51N3O9/c1-7-43-20-38(21-53-36(46)24-13-9-11-15-28(24)44-22(2)42-27-14-10-8-12-23(27)35(44)45)17-16-30(50-4)40-26-18-25-29(49-3)19-39(47,31(26)32(25)51-5)41(48,37(40)43)34(52-6)33(38)40/h8-15,25-26,29-34,37,47-48H,7,16-21H2,1-6H3/t25-,26-,29+,30+,31-,32+,33-,34+,37+,38+,39-,40+,41-/m1/s1. The molecule has 0 unspecified atom stereocenters. The van der Waals surface area contributed by atoms with Gasteiger partial charge in [-0.15, -0.1) is 0 Å². The molecule has 1 saturated heterocycles. The van der Waals surface area contributed by atoms with Gasteiger partial charge in [0.15, 0.2) is 0 Å². The van der Waals surface area contributed by atoms with Crippen molar-refractivity contribution < 1.29 is 38.7 Å². The Hall–Kier alpha value is -3.23. The second-order valence-corrected chi connectivity index (χ2v) is 16.6. The average Bonchev–Trinajstić information content (AvgIpc) is 3.58. The SMILES string of the molecule is CCN1C[C@]2(COC(=O)c3ccccc3-n3c(C)nc4ccccc4c3=O)CC[C@H](OC)[C@@]34[C@@H]5C[C@H]6[C@H](OC)[C@@H]5[C@](O)(C[C@@H]6OC)[C@@](O)([C@@H](OC)[C@H]23)[C@@H]14. The Bertz CT molecular complexity index is 2020. The number of methoxy groups -OCH3 is 4. The van der Waals surface area contributed by atoms with Gasteiger partial charge in [0.25, 0.3) is 5.56 Å². The molecule has 6 aliphatic rings. The van der Waals surface area contributed by atoms with E-state index in [1.165, 1.54) is 4.57 Å². The number of aryl methyl sites for hydroxylation is 1. The minimum absolute atomic E-state index is 0.0500. The number of likely N-dealkylation sites (N-methyl/N-ethyl adjacent to an activating group) is 1. The molecule has 1 spiro atoms. The first-order chi connectivity index (χ1) is 25.5. The molecule has 5 aliphatic carbocycles. The molecule has 2 heterocycles. The van der Waals surface area contributed by atoms with E-state index in [1.54, 1.807) is 77.8 Å². The molecule has 12 heteroatoms. The van der Waals surface area contributed by atoms with E-state index in [2.05, 4.69) is 16.8 Å². The Morgan fingerprint density at radius 1 is 1.00 bits per heavy atom. The van der Waals surface area contributed by atoms with Crippen molar-refractivity contribution in [3.63, 3.8) is 0 Å². The summed E-state index contributed by atoms with van der Waals surface area (Å²) in [6.07, 6.45) is 0.815. The minimum atomic E-state index is -1.69. The summed E-state index contributed by atoms with van der Waals surface area (Å²) in [6.45, 7) is 5.08. The second kappa shape index (κ2) is 12.1. The maximum atomic E-state index is 14.4. The van der Waals surface area contributed by atoms with Crippen molar-refractivity contribution in [1.29, 1.82) is 0 Å².